The molecule has 0 fully saturated rings. The van der Waals surface area contributed by atoms with Gasteiger partial charge in [0.25, 0.3) is 0 Å². The molecule has 0 saturated carbocycles. The Bertz CT molecular complexity index is 508. The average molecular weight is 275 g/mol. The molecule has 20 heavy (non-hydrogen) atoms. The number of allylic oxidation sites excluding steroid dienone is 1. The molecule has 1 aromatic rings. The first kappa shape index (κ1) is 14.6. The molecule has 0 spiro atoms. The third-order valence-electron chi connectivity index (χ3n) is 3.35. The molecule has 0 radical (unpaired) electrons. The van der Waals surface area contributed by atoms with E-state index in [2.05, 4.69) is 23.5 Å². The van der Waals surface area contributed by atoms with Crippen LogP contribution in [0.25, 0.3) is 5.57 Å². The summed E-state index contributed by atoms with van der Waals surface area (Å²) in [5.74, 6) is 0.746. The van der Waals surface area contributed by atoms with Gasteiger partial charge in [-0.25, -0.2) is 0 Å². The van der Waals surface area contributed by atoms with Gasteiger partial charge in [-0.3, -0.25) is 4.79 Å². The third-order valence-corrected chi connectivity index (χ3v) is 3.35. The smallest absolute Gasteiger partial charge is 0.307 e. The van der Waals surface area contributed by atoms with Gasteiger partial charge < -0.3 is 14.8 Å². The molecule has 1 N–H and O–H groups in total. The van der Waals surface area contributed by atoms with Gasteiger partial charge in [-0.15, -0.1) is 0 Å². The van der Waals surface area contributed by atoms with E-state index in [1.807, 2.05) is 13.0 Å². The summed E-state index contributed by atoms with van der Waals surface area (Å²) in [6.07, 6.45) is 3.60. The van der Waals surface area contributed by atoms with Crippen LogP contribution >= 0.6 is 0 Å². The van der Waals surface area contributed by atoms with Crippen molar-refractivity contribution in [1.82, 2.24) is 5.32 Å². The molecule has 0 bridgehead atoms. The van der Waals surface area contributed by atoms with Gasteiger partial charge in [-0.05, 0) is 42.2 Å². The number of esters is 1. The second-order valence-corrected chi connectivity index (χ2v) is 4.69. The fraction of sp³-hybridized carbons (Fsp3) is 0.438. The van der Waals surface area contributed by atoms with E-state index < -0.39 is 0 Å². The van der Waals surface area contributed by atoms with Crippen LogP contribution < -0.4 is 10.1 Å². The number of carbonyl (C=O) groups is 1. The van der Waals surface area contributed by atoms with E-state index in [4.69, 9.17) is 9.47 Å². The van der Waals surface area contributed by atoms with E-state index in [1.54, 1.807) is 7.11 Å². The lowest BCUT2D eigenvalue weighted by molar-refractivity contribution is -0.142. The molecule has 4 heteroatoms. The average Bonchev–Trinajstić information content (AvgIpc) is 2.43. The fourth-order valence-corrected chi connectivity index (χ4v) is 2.23. The summed E-state index contributed by atoms with van der Waals surface area (Å²) in [4.78, 5) is 11.2. The predicted octanol–water partition coefficient (Wildman–Crippen LogP) is 2.18. The summed E-state index contributed by atoms with van der Waals surface area (Å²) in [6, 6.07) is 6.18. The van der Waals surface area contributed by atoms with Gasteiger partial charge in [-0.2, -0.15) is 0 Å². The topological polar surface area (TPSA) is 47.6 Å². The molecule has 108 valence electrons. The second-order valence-electron chi connectivity index (χ2n) is 4.69. The Labute approximate surface area is 119 Å². The second kappa shape index (κ2) is 7.10. The van der Waals surface area contributed by atoms with Gasteiger partial charge in [0.05, 0.1) is 20.1 Å². The van der Waals surface area contributed by atoms with Crippen molar-refractivity contribution in [3.8, 4) is 5.75 Å². The highest BCUT2D eigenvalue weighted by atomic mass is 16.5. The molecular weight excluding hydrogens is 254 g/mol. The van der Waals surface area contributed by atoms with E-state index in [0.29, 0.717) is 19.6 Å². The molecule has 0 saturated heterocycles. The first-order valence-corrected chi connectivity index (χ1v) is 6.97. The summed E-state index contributed by atoms with van der Waals surface area (Å²) in [7, 11) is 1.68. The molecule has 0 aliphatic heterocycles. The molecule has 0 heterocycles. The highest BCUT2D eigenvalue weighted by molar-refractivity contribution is 5.80. The predicted molar refractivity (Wildman–Crippen MR) is 78.8 cm³/mol. The van der Waals surface area contributed by atoms with Crippen LogP contribution in [0.3, 0.4) is 0 Å². The summed E-state index contributed by atoms with van der Waals surface area (Å²) in [6.45, 7) is 3.68. The number of hydrogen-bond donors (Lipinski definition) is 1. The van der Waals surface area contributed by atoms with Gasteiger partial charge in [-0.1, -0.05) is 12.1 Å². The van der Waals surface area contributed by atoms with Crippen LogP contribution in [0.5, 0.6) is 5.75 Å². The SMILES string of the molecule is CCOC(=O)CCNCC=C1Cc2ccc(OC)cc21. The molecule has 0 amide bonds. The lowest BCUT2D eigenvalue weighted by Gasteiger charge is -2.23. The minimum atomic E-state index is -0.147. The Morgan fingerprint density at radius 3 is 3.05 bits per heavy atom. The van der Waals surface area contributed by atoms with Crippen molar-refractivity contribution in [2.45, 2.75) is 19.8 Å². The largest absolute Gasteiger partial charge is 0.497 e. The quantitative estimate of drug-likeness (QED) is 0.612. The molecule has 0 atom stereocenters. The first-order chi connectivity index (χ1) is 9.74. The van der Waals surface area contributed by atoms with Crippen LogP contribution in [0.4, 0.5) is 0 Å². The maximum absolute atomic E-state index is 11.2. The lowest BCUT2D eigenvalue weighted by Crippen LogP contribution is -2.20. The Morgan fingerprint density at radius 1 is 1.45 bits per heavy atom. The van der Waals surface area contributed by atoms with Crippen molar-refractivity contribution in [3.63, 3.8) is 0 Å². The maximum atomic E-state index is 11.2. The Kier molecular flexibility index (Phi) is 5.18. The molecule has 0 unspecified atom stereocenters. The van der Waals surface area contributed by atoms with Gasteiger partial charge in [0.15, 0.2) is 0 Å². The molecular formula is C16H21NO3. The van der Waals surface area contributed by atoms with E-state index in [-0.39, 0.29) is 5.97 Å². The molecule has 0 aromatic heterocycles. The number of ether oxygens (including phenoxy) is 2. The number of methoxy groups -OCH3 is 1. The normalized spacial score (nSPS) is 14.6. The summed E-state index contributed by atoms with van der Waals surface area (Å²) < 4.78 is 10.1. The first-order valence-electron chi connectivity index (χ1n) is 6.97. The van der Waals surface area contributed by atoms with Crippen LogP contribution in [0.15, 0.2) is 24.3 Å². The van der Waals surface area contributed by atoms with Crippen molar-refractivity contribution in [1.29, 1.82) is 0 Å². The zero-order valence-electron chi connectivity index (χ0n) is 12.1. The van der Waals surface area contributed by atoms with Crippen molar-refractivity contribution < 1.29 is 14.3 Å². The van der Waals surface area contributed by atoms with E-state index in [1.165, 1.54) is 16.7 Å². The van der Waals surface area contributed by atoms with Crippen LogP contribution in [0.2, 0.25) is 0 Å². The van der Waals surface area contributed by atoms with Gasteiger partial charge in [0.2, 0.25) is 0 Å². The minimum Gasteiger partial charge on any atom is -0.497 e. The van der Waals surface area contributed by atoms with E-state index in [9.17, 15) is 4.79 Å². The standard InChI is InChI=1S/C16H21NO3/c1-3-20-16(18)7-9-17-8-6-13-10-12-4-5-14(19-2)11-15(12)13/h4-6,11,17H,3,7-10H2,1-2H3. The van der Waals surface area contributed by atoms with Crippen LogP contribution in [0, 0.1) is 0 Å². The van der Waals surface area contributed by atoms with Crippen molar-refractivity contribution >= 4 is 11.5 Å². The molecule has 1 aliphatic rings. The van der Waals surface area contributed by atoms with E-state index >= 15 is 0 Å². The third kappa shape index (κ3) is 3.61. The minimum absolute atomic E-state index is 0.147. The summed E-state index contributed by atoms with van der Waals surface area (Å²) >= 11 is 0. The monoisotopic (exact) mass is 275 g/mol. The number of rotatable bonds is 7. The lowest BCUT2D eigenvalue weighted by atomic mass is 9.82. The molecule has 1 aliphatic carbocycles. The number of nitrogens with one attached hydrogen (secondary N) is 1. The number of carbonyl (C=O) groups excluding carboxylic acids is 1. The van der Waals surface area contributed by atoms with Crippen molar-refractivity contribution in [2.24, 2.45) is 0 Å². The summed E-state index contributed by atoms with van der Waals surface area (Å²) in [5, 5.41) is 3.22. The van der Waals surface area contributed by atoms with Crippen molar-refractivity contribution in [2.75, 3.05) is 26.8 Å². The fourth-order valence-electron chi connectivity index (χ4n) is 2.23. The maximum Gasteiger partial charge on any atom is 0.307 e. The van der Waals surface area contributed by atoms with Gasteiger partial charge in [0.1, 0.15) is 5.75 Å². The Balaban J connectivity index is 1.75. The zero-order valence-corrected chi connectivity index (χ0v) is 12.1. The van der Waals surface area contributed by atoms with Crippen LogP contribution in [-0.2, 0) is 16.0 Å². The van der Waals surface area contributed by atoms with Gasteiger partial charge in [0, 0.05) is 13.1 Å². The Morgan fingerprint density at radius 2 is 2.30 bits per heavy atom. The number of hydrogen-bond acceptors (Lipinski definition) is 4. The molecule has 4 nitrogen and oxygen atoms in total. The zero-order chi connectivity index (χ0) is 14.4. The number of fused-ring (bicyclic) bond motifs is 1. The Hall–Kier alpha value is -1.81. The van der Waals surface area contributed by atoms with Gasteiger partial charge >= 0.3 is 5.97 Å². The molecule has 2 rings (SSSR count). The van der Waals surface area contributed by atoms with Crippen LogP contribution in [-0.4, -0.2) is 32.8 Å². The number of benzene rings is 1. The van der Waals surface area contributed by atoms with Crippen LogP contribution in [0.1, 0.15) is 24.5 Å². The summed E-state index contributed by atoms with van der Waals surface area (Å²) in [5.41, 5.74) is 3.97. The highest BCUT2D eigenvalue weighted by Crippen LogP contribution is 2.36. The van der Waals surface area contributed by atoms with E-state index in [0.717, 1.165) is 18.7 Å². The van der Waals surface area contributed by atoms with Crippen molar-refractivity contribution in [3.05, 3.63) is 35.4 Å². The highest BCUT2D eigenvalue weighted by Gasteiger charge is 2.19. The molecule has 1 aromatic carbocycles.